The maximum absolute atomic E-state index is 11.7. The van der Waals surface area contributed by atoms with Crippen LogP contribution in [-0.2, 0) is 11.2 Å². The zero-order valence-electron chi connectivity index (χ0n) is 12.7. The Morgan fingerprint density at radius 3 is 2.87 bits per heavy atom. The van der Waals surface area contributed by atoms with E-state index in [4.69, 9.17) is 9.15 Å². The Labute approximate surface area is 156 Å². The standard InChI is InChI=1S/C16H16BrIN2O3/c1-3-11-4-10(2)5-12(6-11)22-9-15(21)20-19-8-13-7-14(17)16(18)23-13/h4-8H,3,9H2,1-2H3,(H,20,21)/b19-8+. The van der Waals surface area contributed by atoms with Gasteiger partial charge in [0.1, 0.15) is 11.5 Å². The predicted octanol–water partition coefficient (Wildman–Crippen LogP) is 4.05. The summed E-state index contributed by atoms with van der Waals surface area (Å²) in [4.78, 5) is 11.7. The Morgan fingerprint density at radius 1 is 1.43 bits per heavy atom. The molecule has 0 unspecified atom stereocenters. The number of aryl methyl sites for hydroxylation is 2. The van der Waals surface area contributed by atoms with Gasteiger partial charge in [0.15, 0.2) is 10.4 Å². The highest BCUT2D eigenvalue weighted by atomic mass is 127. The molecule has 0 radical (unpaired) electrons. The third-order valence-electron chi connectivity index (χ3n) is 2.93. The molecule has 0 aliphatic carbocycles. The highest BCUT2D eigenvalue weighted by molar-refractivity contribution is 14.1. The van der Waals surface area contributed by atoms with E-state index in [-0.39, 0.29) is 12.5 Å². The zero-order chi connectivity index (χ0) is 16.8. The largest absolute Gasteiger partial charge is 0.484 e. The molecule has 1 amide bonds. The topological polar surface area (TPSA) is 63.8 Å². The molecule has 0 atom stereocenters. The molecule has 0 aliphatic heterocycles. The van der Waals surface area contributed by atoms with E-state index < -0.39 is 0 Å². The number of furan rings is 1. The van der Waals surface area contributed by atoms with Gasteiger partial charge in [-0.1, -0.05) is 13.0 Å². The normalized spacial score (nSPS) is 11.0. The summed E-state index contributed by atoms with van der Waals surface area (Å²) in [5.41, 5.74) is 4.69. The highest BCUT2D eigenvalue weighted by Gasteiger charge is 2.05. The second-order valence-electron chi connectivity index (χ2n) is 4.86. The van der Waals surface area contributed by atoms with Crippen molar-refractivity contribution in [3.8, 4) is 5.75 Å². The summed E-state index contributed by atoms with van der Waals surface area (Å²) in [7, 11) is 0. The van der Waals surface area contributed by atoms with Gasteiger partial charge in [-0.05, 0) is 52.5 Å². The summed E-state index contributed by atoms with van der Waals surface area (Å²) in [6, 6.07) is 7.71. The van der Waals surface area contributed by atoms with Crippen LogP contribution in [0.1, 0.15) is 23.8 Å². The molecule has 0 saturated carbocycles. The smallest absolute Gasteiger partial charge is 0.277 e. The molecule has 2 rings (SSSR count). The van der Waals surface area contributed by atoms with Crippen LogP contribution in [0.5, 0.6) is 5.75 Å². The van der Waals surface area contributed by atoms with Gasteiger partial charge in [0.2, 0.25) is 0 Å². The molecule has 0 bridgehead atoms. The van der Waals surface area contributed by atoms with Gasteiger partial charge in [0, 0.05) is 28.7 Å². The van der Waals surface area contributed by atoms with Crippen molar-refractivity contribution in [2.75, 3.05) is 6.61 Å². The van der Waals surface area contributed by atoms with E-state index in [2.05, 4.69) is 62.0 Å². The van der Waals surface area contributed by atoms with Crippen molar-refractivity contribution in [1.29, 1.82) is 0 Å². The molecule has 0 fully saturated rings. The average molecular weight is 491 g/mol. The molecule has 0 aliphatic rings. The first-order chi connectivity index (χ1) is 11.0. The number of hydrogen-bond donors (Lipinski definition) is 1. The van der Waals surface area contributed by atoms with Crippen LogP contribution in [0.4, 0.5) is 0 Å². The number of nitrogens with zero attached hydrogens (tertiary/aromatic N) is 1. The number of halogens is 2. The third kappa shape index (κ3) is 5.65. The van der Waals surface area contributed by atoms with E-state index in [9.17, 15) is 4.79 Å². The SMILES string of the molecule is CCc1cc(C)cc(OCC(=O)N/N=C/c2cc(Br)c(I)o2)c1. The second kappa shape index (κ2) is 8.49. The summed E-state index contributed by atoms with van der Waals surface area (Å²) in [6.45, 7) is 3.98. The quantitative estimate of drug-likeness (QED) is 0.377. The lowest BCUT2D eigenvalue weighted by atomic mass is 10.1. The Balaban J connectivity index is 1.84. The summed E-state index contributed by atoms with van der Waals surface area (Å²) in [5, 5.41) is 3.84. The van der Waals surface area contributed by atoms with Crippen molar-refractivity contribution < 1.29 is 13.9 Å². The lowest BCUT2D eigenvalue weighted by Crippen LogP contribution is -2.24. The molecule has 23 heavy (non-hydrogen) atoms. The first-order valence-electron chi connectivity index (χ1n) is 6.98. The molecule has 0 spiro atoms. The van der Waals surface area contributed by atoms with Gasteiger partial charge < -0.3 is 9.15 Å². The molecule has 122 valence electrons. The molecule has 7 heteroatoms. The Morgan fingerprint density at radius 2 is 2.22 bits per heavy atom. The molecular formula is C16H16BrIN2O3. The first kappa shape index (κ1) is 18.0. The minimum atomic E-state index is -0.332. The molecule has 1 aromatic carbocycles. The lowest BCUT2D eigenvalue weighted by molar-refractivity contribution is -0.123. The van der Waals surface area contributed by atoms with Crippen molar-refractivity contribution in [3.05, 3.63) is 49.4 Å². The maximum Gasteiger partial charge on any atom is 0.277 e. The van der Waals surface area contributed by atoms with Gasteiger partial charge >= 0.3 is 0 Å². The van der Waals surface area contributed by atoms with E-state index >= 15 is 0 Å². The van der Waals surface area contributed by atoms with Gasteiger partial charge in [-0.15, -0.1) is 0 Å². The number of ether oxygens (including phenoxy) is 1. The van der Waals surface area contributed by atoms with E-state index in [0.717, 1.165) is 20.2 Å². The molecule has 1 heterocycles. The van der Waals surface area contributed by atoms with Crippen LogP contribution < -0.4 is 10.2 Å². The third-order valence-corrected chi connectivity index (χ3v) is 5.07. The average Bonchev–Trinajstić information content (AvgIpc) is 2.83. The van der Waals surface area contributed by atoms with Gasteiger partial charge in [-0.3, -0.25) is 4.79 Å². The van der Waals surface area contributed by atoms with Crippen molar-refractivity contribution in [3.63, 3.8) is 0 Å². The fraction of sp³-hybridized carbons (Fsp3) is 0.250. The molecule has 1 aromatic heterocycles. The Bertz CT molecular complexity index is 709. The van der Waals surface area contributed by atoms with Crippen molar-refractivity contribution in [2.45, 2.75) is 20.3 Å². The lowest BCUT2D eigenvalue weighted by Gasteiger charge is -2.08. The van der Waals surface area contributed by atoms with Gasteiger partial charge in [0.05, 0.1) is 10.7 Å². The maximum atomic E-state index is 11.7. The van der Waals surface area contributed by atoms with E-state index in [1.807, 2.05) is 19.1 Å². The van der Waals surface area contributed by atoms with E-state index in [1.54, 1.807) is 6.07 Å². The fourth-order valence-corrected chi connectivity index (χ4v) is 2.60. The Kier molecular flexibility index (Phi) is 6.64. The summed E-state index contributed by atoms with van der Waals surface area (Å²) in [6.07, 6.45) is 2.36. The van der Waals surface area contributed by atoms with Crippen LogP contribution in [0.15, 0.2) is 38.3 Å². The minimum absolute atomic E-state index is 0.0939. The summed E-state index contributed by atoms with van der Waals surface area (Å²) < 4.78 is 12.4. The highest BCUT2D eigenvalue weighted by Crippen LogP contribution is 2.22. The zero-order valence-corrected chi connectivity index (χ0v) is 16.5. The molecule has 2 aromatic rings. The predicted molar refractivity (Wildman–Crippen MR) is 101 cm³/mol. The minimum Gasteiger partial charge on any atom is -0.484 e. The second-order valence-corrected chi connectivity index (χ2v) is 6.69. The number of hydrazone groups is 1. The molecule has 5 nitrogen and oxygen atoms in total. The number of carbonyl (C=O) groups is 1. The first-order valence-corrected chi connectivity index (χ1v) is 8.85. The van der Waals surface area contributed by atoms with E-state index in [1.165, 1.54) is 11.8 Å². The fourth-order valence-electron chi connectivity index (χ4n) is 1.89. The van der Waals surface area contributed by atoms with Crippen LogP contribution in [0.25, 0.3) is 0 Å². The monoisotopic (exact) mass is 490 g/mol. The van der Waals surface area contributed by atoms with Gasteiger partial charge in [-0.2, -0.15) is 5.10 Å². The van der Waals surface area contributed by atoms with Crippen LogP contribution in [0, 0.1) is 10.7 Å². The van der Waals surface area contributed by atoms with Gasteiger partial charge in [0.25, 0.3) is 5.91 Å². The Hall–Kier alpha value is -1.35. The van der Waals surface area contributed by atoms with Gasteiger partial charge in [-0.25, -0.2) is 5.43 Å². The number of carbonyl (C=O) groups excluding carboxylic acids is 1. The van der Waals surface area contributed by atoms with Crippen LogP contribution >= 0.6 is 38.5 Å². The van der Waals surface area contributed by atoms with Crippen LogP contribution in [0.2, 0.25) is 0 Å². The molecular weight excluding hydrogens is 475 g/mol. The number of amides is 1. The van der Waals surface area contributed by atoms with Crippen LogP contribution in [0.3, 0.4) is 0 Å². The molecule has 0 saturated heterocycles. The summed E-state index contributed by atoms with van der Waals surface area (Å²) in [5.74, 6) is 0.903. The number of nitrogens with one attached hydrogen (secondary N) is 1. The van der Waals surface area contributed by atoms with E-state index in [0.29, 0.717) is 11.5 Å². The number of benzene rings is 1. The summed E-state index contributed by atoms with van der Waals surface area (Å²) >= 11 is 5.39. The number of rotatable bonds is 6. The van der Waals surface area contributed by atoms with Crippen molar-refractivity contribution >= 4 is 50.6 Å². The molecule has 1 N–H and O–H groups in total. The van der Waals surface area contributed by atoms with Crippen molar-refractivity contribution in [1.82, 2.24) is 5.43 Å². The van der Waals surface area contributed by atoms with Crippen LogP contribution in [-0.4, -0.2) is 18.7 Å². The number of hydrogen-bond acceptors (Lipinski definition) is 4. The van der Waals surface area contributed by atoms with Crippen molar-refractivity contribution in [2.24, 2.45) is 5.10 Å².